The van der Waals surface area contributed by atoms with Crippen molar-refractivity contribution in [1.82, 2.24) is 14.5 Å². The van der Waals surface area contributed by atoms with Crippen LogP contribution in [0.3, 0.4) is 0 Å². The van der Waals surface area contributed by atoms with Crippen molar-refractivity contribution in [2.75, 3.05) is 20.5 Å². The number of rotatable bonds is 7. The van der Waals surface area contributed by atoms with Crippen LogP contribution in [0.1, 0.15) is 47.1 Å². The number of hydrogen-bond acceptors (Lipinski definition) is 6. The number of pyridine rings is 1. The Morgan fingerprint density at radius 2 is 1.66 bits per heavy atom. The van der Waals surface area contributed by atoms with Crippen LogP contribution in [0.4, 0.5) is 0 Å². The second kappa shape index (κ2) is 10.9. The molecule has 0 radical (unpaired) electrons. The summed E-state index contributed by atoms with van der Waals surface area (Å²) in [6.45, 7) is 13.7. The highest BCUT2D eigenvalue weighted by molar-refractivity contribution is 7.98. The molecule has 0 N–H and O–H groups in total. The third-order valence-electron chi connectivity index (χ3n) is 6.83. The maximum Gasteiger partial charge on any atom is 0.258 e. The van der Waals surface area contributed by atoms with Gasteiger partial charge in [0, 0.05) is 23.9 Å². The van der Waals surface area contributed by atoms with Crippen molar-refractivity contribution in [3.8, 4) is 28.7 Å². The van der Waals surface area contributed by atoms with Gasteiger partial charge in [-0.2, -0.15) is 0 Å². The Bertz CT molecular complexity index is 1320. The highest BCUT2D eigenvalue weighted by Crippen LogP contribution is 2.41. The van der Waals surface area contributed by atoms with Crippen molar-refractivity contribution in [2.24, 2.45) is 0 Å². The average molecular weight is 510 g/mol. The number of fused-ring (bicyclic) bond motifs is 1. The zero-order valence-corrected chi connectivity index (χ0v) is 23.9. The van der Waals surface area contributed by atoms with Gasteiger partial charge in [0.2, 0.25) is 0 Å². The van der Waals surface area contributed by atoms with Crippen LogP contribution in [0, 0.1) is 11.5 Å². The summed E-state index contributed by atoms with van der Waals surface area (Å²) in [7, 11) is 1.18. The van der Waals surface area contributed by atoms with E-state index in [1.807, 2.05) is 6.26 Å². The van der Waals surface area contributed by atoms with E-state index < -0.39 is 8.07 Å². The second-order valence-electron chi connectivity index (χ2n) is 9.51. The lowest BCUT2D eigenvalue weighted by Crippen LogP contribution is -2.43. The summed E-state index contributed by atoms with van der Waals surface area (Å²) in [4.78, 5) is 22.8. The first kappa shape index (κ1) is 26.8. The van der Waals surface area contributed by atoms with Crippen LogP contribution in [-0.2, 0) is 0 Å². The molecule has 1 aromatic carbocycles. The molecule has 3 aromatic rings. The minimum absolute atomic E-state index is 0.220. The molecule has 0 unspecified atom stereocenters. The van der Waals surface area contributed by atoms with Crippen molar-refractivity contribution < 1.29 is 9.47 Å². The highest BCUT2D eigenvalue weighted by Gasteiger charge is 2.41. The van der Waals surface area contributed by atoms with E-state index in [2.05, 4.69) is 58.0 Å². The molecular weight excluding hydrogens is 474 g/mol. The van der Waals surface area contributed by atoms with E-state index in [0.717, 1.165) is 5.39 Å². The molecule has 0 saturated carbocycles. The fourth-order valence-electron chi connectivity index (χ4n) is 5.10. The van der Waals surface area contributed by atoms with Crippen molar-refractivity contribution in [3.63, 3.8) is 0 Å². The van der Waals surface area contributed by atoms with E-state index in [4.69, 9.17) is 14.5 Å². The summed E-state index contributed by atoms with van der Waals surface area (Å²) in [5, 5.41) is 1.32. The zero-order chi connectivity index (χ0) is 25.9. The molecule has 2 aromatic heterocycles. The van der Waals surface area contributed by atoms with Gasteiger partial charge in [-0.1, -0.05) is 59.2 Å². The quantitative estimate of drug-likeness (QED) is 0.166. The molecule has 35 heavy (non-hydrogen) atoms. The Morgan fingerprint density at radius 3 is 2.20 bits per heavy atom. The normalized spacial score (nSPS) is 11.8. The lowest BCUT2D eigenvalue weighted by molar-refractivity contribution is 0.393. The van der Waals surface area contributed by atoms with Crippen molar-refractivity contribution >= 4 is 30.9 Å². The Hall–Kier alpha value is -2.76. The molecular formula is C27H35N3O3SSi. The highest BCUT2D eigenvalue weighted by atomic mass is 32.2. The molecule has 0 aliphatic carbocycles. The van der Waals surface area contributed by atoms with Gasteiger partial charge in [-0.25, -0.2) is 9.97 Å². The van der Waals surface area contributed by atoms with Crippen LogP contribution >= 0.6 is 11.8 Å². The number of methoxy groups -OCH3 is 2. The van der Waals surface area contributed by atoms with Crippen LogP contribution in [0.2, 0.25) is 16.6 Å². The van der Waals surface area contributed by atoms with Crippen molar-refractivity contribution in [1.29, 1.82) is 0 Å². The summed E-state index contributed by atoms with van der Waals surface area (Å²) in [5.74, 6) is 4.59. The van der Waals surface area contributed by atoms with Crippen LogP contribution in [0.15, 0.2) is 40.4 Å². The van der Waals surface area contributed by atoms with Gasteiger partial charge >= 0.3 is 0 Å². The molecule has 0 amide bonds. The second-order valence-corrected chi connectivity index (χ2v) is 15.9. The number of thioether (sulfide) groups is 1. The molecule has 0 spiro atoms. The fraction of sp³-hybridized carbons (Fsp3) is 0.444. The van der Waals surface area contributed by atoms with Crippen LogP contribution in [0.5, 0.6) is 11.5 Å². The molecule has 3 rings (SSSR count). The Kier molecular flexibility index (Phi) is 8.34. The molecule has 6 nitrogen and oxygen atoms in total. The van der Waals surface area contributed by atoms with E-state index in [-0.39, 0.29) is 5.56 Å². The molecule has 0 atom stereocenters. The zero-order valence-electron chi connectivity index (χ0n) is 22.1. The number of hydrogen-bond donors (Lipinski definition) is 0. The summed E-state index contributed by atoms with van der Waals surface area (Å²) >= 11 is 1.43. The van der Waals surface area contributed by atoms with Gasteiger partial charge in [0.05, 0.1) is 25.3 Å². The monoisotopic (exact) mass is 509 g/mol. The smallest absolute Gasteiger partial charge is 0.258 e. The first-order valence-corrected chi connectivity index (χ1v) is 15.3. The standard InChI is InChI=1S/C27H35N3O3SSi/c1-17(2)35(18(3)4,19(5)6)13-12-20-14-25(31)30(26-22(20)16-28-27(29-26)34-9)23-11-10-21(32-7)15-24(23)33-8/h10-11,14-19H,1-9H3. The van der Waals surface area contributed by atoms with Crippen molar-refractivity contribution in [3.05, 3.63) is 46.4 Å². The number of benzene rings is 1. The molecule has 0 aliphatic heterocycles. The Morgan fingerprint density at radius 1 is 1.00 bits per heavy atom. The third-order valence-corrected chi connectivity index (χ3v) is 13.7. The Balaban J connectivity index is 2.37. The molecule has 186 valence electrons. The van der Waals surface area contributed by atoms with Gasteiger partial charge in [-0.3, -0.25) is 9.36 Å². The molecule has 0 saturated heterocycles. The number of aromatic nitrogens is 3. The predicted molar refractivity (Wildman–Crippen MR) is 148 cm³/mol. The minimum Gasteiger partial charge on any atom is -0.497 e. The SMILES string of the molecule is COc1ccc(-n2c(=O)cc(C#C[Si](C(C)C)(C(C)C)C(C)C)c3cnc(SC)nc32)c(OC)c1. The predicted octanol–water partition coefficient (Wildman–Crippen LogP) is 6.09. The van der Waals surface area contributed by atoms with E-state index >= 15 is 0 Å². The summed E-state index contributed by atoms with van der Waals surface area (Å²) in [5.41, 5.74) is 6.75. The summed E-state index contributed by atoms with van der Waals surface area (Å²) in [6.07, 6.45) is 3.68. The van der Waals surface area contributed by atoms with Crippen LogP contribution < -0.4 is 15.0 Å². The first-order chi connectivity index (χ1) is 16.6. The van der Waals surface area contributed by atoms with Gasteiger partial charge in [-0.05, 0) is 35.0 Å². The van der Waals surface area contributed by atoms with Gasteiger partial charge in [0.25, 0.3) is 5.56 Å². The molecule has 0 bridgehead atoms. The summed E-state index contributed by atoms with van der Waals surface area (Å²) in [6, 6.07) is 6.96. The van der Waals surface area contributed by atoms with Crippen molar-refractivity contribution in [2.45, 2.75) is 63.3 Å². The third kappa shape index (κ3) is 4.98. The Labute approximate surface area is 213 Å². The maximum atomic E-state index is 13.6. The van der Waals surface area contributed by atoms with Gasteiger partial charge in [0.15, 0.2) is 10.8 Å². The average Bonchev–Trinajstić information content (AvgIpc) is 2.83. The summed E-state index contributed by atoms with van der Waals surface area (Å²) < 4.78 is 12.5. The van der Waals surface area contributed by atoms with Gasteiger partial charge in [-0.15, -0.1) is 5.54 Å². The molecule has 8 heteroatoms. The van der Waals surface area contributed by atoms with E-state index in [0.29, 0.717) is 50.2 Å². The lowest BCUT2D eigenvalue weighted by atomic mass is 10.1. The molecule has 0 aliphatic rings. The van der Waals surface area contributed by atoms with E-state index in [1.165, 1.54) is 11.8 Å². The fourth-order valence-corrected chi connectivity index (χ4v) is 10.7. The van der Waals surface area contributed by atoms with E-state index in [9.17, 15) is 4.79 Å². The molecule has 0 fully saturated rings. The van der Waals surface area contributed by atoms with Crippen LogP contribution in [0.25, 0.3) is 16.7 Å². The largest absolute Gasteiger partial charge is 0.497 e. The molecule has 2 heterocycles. The van der Waals surface area contributed by atoms with Crippen LogP contribution in [-0.4, -0.2) is 43.1 Å². The number of nitrogens with zero attached hydrogens (tertiary/aromatic N) is 3. The van der Waals surface area contributed by atoms with E-state index in [1.54, 1.807) is 49.2 Å². The lowest BCUT2D eigenvalue weighted by Gasteiger charge is -2.38. The minimum atomic E-state index is -1.98. The topological polar surface area (TPSA) is 66.2 Å². The number of ether oxygens (including phenoxy) is 2. The first-order valence-electron chi connectivity index (χ1n) is 11.8. The van der Waals surface area contributed by atoms with Gasteiger partial charge < -0.3 is 9.47 Å². The van der Waals surface area contributed by atoms with Gasteiger partial charge in [0.1, 0.15) is 19.6 Å². The maximum absolute atomic E-state index is 13.6.